The molecule has 0 saturated heterocycles. The molecule has 2 fully saturated rings. The van der Waals surface area contributed by atoms with Crippen LogP contribution in [-0.4, -0.2) is 11.0 Å². The van der Waals surface area contributed by atoms with Crippen molar-refractivity contribution in [2.45, 2.75) is 51.0 Å². The molecule has 2 aliphatic rings. The number of nitrogens with two attached hydrogens (primary N) is 1. The molecule has 0 amide bonds. The van der Waals surface area contributed by atoms with Gasteiger partial charge in [0.05, 0.1) is 0 Å². The Hall–Kier alpha value is -0.930. The van der Waals surface area contributed by atoms with Crippen molar-refractivity contribution >= 4 is 0 Å². The van der Waals surface area contributed by atoms with Crippen molar-refractivity contribution < 1.29 is 0 Å². The first kappa shape index (κ1) is 13.1. The average molecular weight is 259 g/mol. The minimum Gasteiger partial charge on any atom is -0.271 e. The van der Waals surface area contributed by atoms with E-state index in [-0.39, 0.29) is 0 Å². The van der Waals surface area contributed by atoms with Crippen molar-refractivity contribution in [3.63, 3.8) is 0 Å². The Kier molecular flexibility index (Phi) is 4.14. The zero-order valence-electron chi connectivity index (χ0n) is 11.6. The van der Waals surface area contributed by atoms with Gasteiger partial charge < -0.3 is 0 Å². The summed E-state index contributed by atoms with van der Waals surface area (Å²) in [5.74, 6) is 8.49. The highest BCUT2D eigenvalue weighted by molar-refractivity contribution is 5.12. The van der Waals surface area contributed by atoms with E-state index in [1.54, 1.807) is 0 Å². The van der Waals surface area contributed by atoms with Gasteiger partial charge in [-0.25, -0.2) is 0 Å². The summed E-state index contributed by atoms with van der Waals surface area (Å²) in [5.41, 5.74) is 4.48. The second-order valence-electron chi connectivity index (χ2n) is 6.29. The molecule has 19 heavy (non-hydrogen) atoms. The standard InChI is InChI=1S/C16H25N3/c17-19-15(11-12-7-9-18-10-8-12)16(13-3-1-4-13)14-5-2-6-14/h7-10,13-16,19H,1-6,11,17H2. The van der Waals surface area contributed by atoms with E-state index >= 15 is 0 Å². The third kappa shape index (κ3) is 2.82. The second-order valence-corrected chi connectivity index (χ2v) is 6.29. The average Bonchev–Trinajstić information content (AvgIpc) is 2.32. The molecule has 3 rings (SSSR count). The molecule has 1 heterocycles. The molecule has 0 spiro atoms. The van der Waals surface area contributed by atoms with E-state index in [0.29, 0.717) is 6.04 Å². The fourth-order valence-corrected chi connectivity index (χ4v) is 3.77. The summed E-state index contributed by atoms with van der Waals surface area (Å²) in [6.45, 7) is 0. The monoisotopic (exact) mass is 259 g/mol. The molecule has 1 unspecified atom stereocenters. The van der Waals surface area contributed by atoms with Gasteiger partial charge in [-0.15, -0.1) is 0 Å². The quantitative estimate of drug-likeness (QED) is 0.610. The van der Waals surface area contributed by atoms with E-state index in [4.69, 9.17) is 5.84 Å². The van der Waals surface area contributed by atoms with Gasteiger partial charge in [0.2, 0.25) is 0 Å². The van der Waals surface area contributed by atoms with Gasteiger partial charge in [-0.2, -0.15) is 0 Å². The second kappa shape index (κ2) is 6.02. The summed E-state index contributed by atoms with van der Waals surface area (Å²) < 4.78 is 0. The lowest BCUT2D eigenvalue weighted by molar-refractivity contribution is 0.0599. The van der Waals surface area contributed by atoms with E-state index in [1.165, 1.54) is 44.1 Å². The van der Waals surface area contributed by atoms with Crippen LogP contribution >= 0.6 is 0 Å². The number of pyridine rings is 1. The van der Waals surface area contributed by atoms with Crippen molar-refractivity contribution in [2.75, 3.05) is 0 Å². The molecule has 2 saturated carbocycles. The Morgan fingerprint density at radius 2 is 1.68 bits per heavy atom. The maximum absolute atomic E-state index is 5.89. The first-order valence-corrected chi connectivity index (χ1v) is 7.73. The zero-order valence-corrected chi connectivity index (χ0v) is 11.6. The van der Waals surface area contributed by atoms with Crippen LogP contribution in [0.5, 0.6) is 0 Å². The summed E-state index contributed by atoms with van der Waals surface area (Å²) in [6, 6.07) is 4.66. The minimum atomic E-state index is 0.429. The Bertz CT molecular complexity index is 370. The van der Waals surface area contributed by atoms with Crippen molar-refractivity contribution in [1.29, 1.82) is 0 Å². The van der Waals surface area contributed by atoms with E-state index < -0.39 is 0 Å². The van der Waals surface area contributed by atoms with Crippen LogP contribution in [0.3, 0.4) is 0 Å². The van der Waals surface area contributed by atoms with Crippen LogP contribution in [0.1, 0.15) is 44.1 Å². The van der Waals surface area contributed by atoms with Gasteiger partial charge in [0.25, 0.3) is 0 Å². The molecule has 1 aromatic heterocycles. The third-order valence-corrected chi connectivity index (χ3v) is 5.27. The van der Waals surface area contributed by atoms with E-state index in [2.05, 4.69) is 22.5 Å². The lowest BCUT2D eigenvalue weighted by Gasteiger charge is -2.46. The van der Waals surface area contributed by atoms with Crippen LogP contribution in [0.4, 0.5) is 0 Å². The Morgan fingerprint density at radius 3 is 2.11 bits per heavy atom. The summed E-state index contributed by atoms with van der Waals surface area (Å²) in [4.78, 5) is 4.10. The molecule has 1 aromatic rings. The highest BCUT2D eigenvalue weighted by atomic mass is 15.2. The summed E-state index contributed by atoms with van der Waals surface area (Å²) >= 11 is 0. The lowest BCUT2D eigenvalue weighted by Crippen LogP contribution is -2.50. The highest BCUT2D eigenvalue weighted by Crippen LogP contribution is 2.46. The lowest BCUT2D eigenvalue weighted by atomic mass is 9.61. The molecular formula is C16H25N3. The number of nitrogens with zero attached hydrogens (tertiary/aromatic N) is 1. The van der Waals surface area contributed by atoms with Gasteiger partial charge in [-0.1, -0.05) is 38.5 Å². The molecular weight excluding hydrogens is 234 g/mol. The molecule has 1 atom stereocenters. The number of hydrogen-bond donors (Lipinski definition) is 2. The Balaban J connectivity index is 1.70. The summed E-state index contributed by atoms with van der Waals surface area (Å²) in [5, 5.41) is 0. The van der Waals surface area contributed by atoms with Crippen molar-refractivity contribution in [1.82, 2.24) is 10.4 Å². The smallest absolute Gasteiger partial charge is 0.0284 e. The molecule has 3 heteroatoms. The predicted octanol–water partition coefficient (Wildman–Crippen LogP) is 2.67. The van der Waals surface area contributed by atoms with Gasteiger partial charge in [-0.05, 0) is 41.9 Å². The molecule has 2 aliphatic carbocycles. The predicted molar refractivity (Wildman–Crippen MR) is 77.2 cm³/mol. The van der Waals surface area contributed by atoms with Gasteiger partial charge in [0.1, 0.15) is 0 Å². The van der Waals surface area contributed by atoms with Crippen LogP contribution in [0, 0.1) is 17.8 Å². The fourth-order valence-electron chi connectivity index (χ4n) is 3.77. The largest absolute Gasteiger partial charge is 0.271 e. The summed E-state index contributed by atoms with van der Waals surface area (Å²) in [7, 11) is 0. The third-order valence-electron chi connectivity index (χ3n) is 5.27. The molecule has 3 N–H and O–H groups in total. The maximum Gasteiger partial charge on any atom is 0.0284 e. The number of rotatable bonds is 6. The number of nitrogens with one attached hydrogen (secondary N) is 1. The Labute approximate surface area is 116 Å². The van der Waals surface area contributed by atoms with Crippen molar-refractivity contribution in [2.24, 2.45) is 23.6 Å². The van der Waals surface area contributed by atoms with Gasteiger partial charge in [0, 0.05) is 18.4 Å². The topological polar surface area (TPSA) is 50.9 Å². The highest BCUT2D eigenvalue weighted by Gasteiger charge is 2.40. The molecule has 0 radical (unpaired) electrons. The van der Waals surface area contributed by atoms with E-state index in [9.17, 15) is 0 Å². The van der Waals surface area contributed by atoms with Crippen LogP contribution in [0.15, 0.2) is 24.5 Å². The first-order chi connectivity index (χ1) is 9.38. The van der Waals surface area contributed by atoms with Crippen molar-refractivity contribution in [3.05, 3.63) is 30.1 Å². The van der Waals surface area contributed by atoms with Crippen LogP contribution < -0.4 is 11.3 Å². The van der Waals surface area contributed by atoms with Gasteiger partial charge in [0.15, 0.2) is 0 Å². The number of aromatic nitrogens is 1. The molecule has 0 aromatic carbocycles. The van der Waals surface area contributed by atoms with Crippen LogP contribution in [0.25, 0.3) is 0 Å². The molecule has 104 valence electrons. The fraction of sp³-hybridized carbons (Fsp3) is 0.688. The van der Waals surface area contributed by atoms with Gasteiger partial charge >= 0.3 is 0 Å². The SMILES string of the molecule is NNC(Cc1ccncc1)C(C1CCC1)C1CCC1. The maximum atomic E-state index is 5.89. The minimum absolute atomic E-state index is 0.429. The van der Waals surface area contributed by atoms with E-state index in [1.807, 2.05) is 12.4 Å². The Morgan fingerprint density at radius 1 is 1.11 bits per heavy atom. The van der Waals surface area contributed by atoms with Crippen molar-refractivity contribution in [3.8, 4) is 0 Å². The zero-order chi connectivity index (χ0) is 13.1. The van der Waals surface area contributed by atoms with Gasteiger partial charge in [-0.3, -0.25) is 16.3 Å². The molecule has 0 aliphatic heterocycles. The molecule has 3 nitrogen and oxygen atoms in total. The first-order valence-electron chi connectivity index (χ1n) is 7.73. The normalized spacial score (nSPS) is 22.0. The van der Waals surface area contributed by atoms with Crippen LogP contribution in [-0.2, 0) is 6.42 Å². The number of hydrogen-bond acceptors (Lipinski definition) is 3. The summed E-state index contributed by atoms with van der Waals surface area (Å²) in [6.07, 6.45) is 13.3. The number of hydrazine groups is 1. The van der Waals surface area contributed by atoms with Crippen LogP contribution in [0.2, 0.25) is 0 Å². The molecule has 0 bridgehead atoms. The van der Waals surface area contributed by atoms with E-state index in [0.717, 1.165) is 24.2 Å².